The largest absolute Gasteiger partial charge is 0.351 e. The van der Waals surface area contributed by atoms with Crippen LogP contribution in [0.15, 0.2) is 6.20 Å². The summed E-state index contributed by atoms with van der Waals surface area (Å²) in [6.45, 7) is 2.58. The molecule has 7 heteroatoms. The fourth-order valence-corrected chi connectivity index (χ4v) is 2.71. The SMILES string of the molecule is CCCNC(=O)c1c(NC(=O)NC2CCCCC2)cnn1C. The Morgan fingerprint density at radius 2 is 2.05 bits per heavy atom. The van der Waals surface area contributed by atoms with Crippen LogP contribution < -0.4 is 16.0 Å². The maximum atomic E-state index is 12.1. The van der Waals surface area contributed by atoms with E-state index < -0.39 is 0 Å². The number of amides is 3. The molecule has 0 radical (unpaired) electrons. The van der Waals surface area contributed by atoms with E-state index in [9.17, 15) is 9.59 Å². The van der Waals surface area contributed by atoms with Gasteiger partial charge in [-0.05, 0) is 19.3 Å². The van der Waals surface area contributed by atoms with Gasteiger partial charge in [-0.1, -0.05) is 26.2 Å². The van der Waals surface area contributed by atoms with Crippen molar-refractivity contribution in [3.63, 3.8) is 0 Å². The third kappa shape index (κ3) is 4.22. The Morgan fingerprint density at radius 1 is 1.32 bits per heavy atom. The molecule has 0 atom stereocenters. The van der Waals surface area contributed by atoms with Crippen LogP contribution in [0, 0.1) is 0 Å². The predicted molar refractivity (Wildman–Crippen MR) is 84.9 cm³/mol. The minimum absolute atomic E-state index is 0.225. The molecule has 0 aromatic carbocycles. The first kappa shape index (κ1) is 16.3. The first-order valence-electron chi connectivity index (χ1n) is 7.99. The number of aromatic nitrogens is 2. The second kappa shape index (κ2) is 7.82. The average molecular weight is 307 g/mol. The number of carbonyl (C=O) groups excluding carboxylic acids is 2. The predicted octanol–water partition coefficient (Wildman–Crippen LogP) is 2.01. The lowest BCUT2D eigenvalue weighted by atomic mass is 9.96. The number of aryl methyl sites for hydroxylation is 1. The first-order chi connectivity index (χ1) is 10.6. The fraction of sp³-hybridized carbons (Fsp3) is 0.667. The molecule has 3 N–H and O–H groups in total. The van der Waals surface area contributed by atoms with Gasteiger partial charge < -0.3 is 16.0 Å². The van der Waals surface area contributed by atoms with Crippen LogP contribution in [0.25, 0.3) is 0 Å². The summed E-state index contributed by atoms with van der Waals surface area (Å²) >= 11 is 0. The van der Waals surface area contributed by atoms with E-state index in [0.29, 0.717) is 17.9 Å². The van der Waals surface area contributed by atoms with Gasteiger partial charge in [-0.15, -0.1) is 0 Å². The van der Waals surface area contributed by atoms with Crippen LogP contribution >= 0.6 is 0 Å². The van der Waals surface area contributed by atoms with E-state index >= 15 is 0 Å². The molecule has 122 valence electrons. The zero-order chi connectivity index (χ0) is 15.9. The molecular formula is C15H25N5O2. The number of carbonyl (C=O) groups is 2. The second-order valence-electron chi connectivity index (χ2n) is 5.72. The first-order valence-corrected chi connectivity index (χ1v) is 7.99. The topological polar surface area (TPSA) is 88.1 Å². The Kier molecular flexibility index (Phi) is 5.80. The van der Waals surface area contributed by atoms with E-state index in [2.05, 4.69) is 21.0 Å². The van der Waals surface area contributed by atoms with E-state index in [0.717, 1.165) is 32.1 Å². The van der Waals surface area contributed by atoms with E-state index in [1.807, 2.05) is 6.92 Å². The lowest BCUT2D eigenvalue weighted by Crippen LogP contribution is -2.39. The van der Waals surface area contributed by atoms with Gasteiger partial charge in [0.25, 0.3) is 5.91 Å². The van der Waals surface area contributed by atoms with Crippen molar-refractivity contribution in [1.82, 2.24) is 20.4 Å². The molecule has 0 aliphatic heterocycles. The van der Waals surface area contributed by atoms with Gasteiger partial charge in [0, 0.05) is 19.6 Å². The molecule has 0 unspecified atom stereocenters. The van der Waals surface area contributed by atoms with Crippen molar-refractivity contribution in [3.8, 4) is 0 Å². The van der Waals surface area contributed by atoms with Crippen LogP contribution in [-0.4, -0.2) is 34.3 Å². The van der Waals surface area contributed by atoms with Gasteiger partial charge in [0.2, 0.25) is 0 Å². The number of hydrogen-bond acceptors (Lipinski definition) is 3. The van der Waals surface area contributed by atoms with Gasteiger partial charge in [-0.25, -0.2) is 4.79 Å². The van der Waals surface area contributed by atoms with Crippen molar-refractivity contribution in [2.75, 3.05) is 11.9 Å². The molecule has 7 nitrogen and oxygen atoms in total. The van der Waals surface area contributed by atoms with E-state index in [1.54, 1.807) is 7.05 Å². The van der Waals surface area contributed by atoms with Gasteiger partial charge >= 0.3 is 6.03 Å². The molecule has 0 saturated heterocycles. The molecule has 1 saturated carbocycles. The minimum Gasteiger partial charge on any atom is -0.351 e. The normalized spacial score (nSPS) is 15.4. The monoisotopic (exact) mass is 307 g/mol. The summed E-state index contributed by atoms with van der Waals surface area (Å²) in [5.74, 6) is -0.227. The molecule has 1 heterocycles. The minimum atomic E-state index is -0.274. The Balaban J connectivity index is 1.96. The van der Waals surface area contributed by atoms with E-state index in [4.69, 9.17) is 0 Å². The second-order valence-corrected chi connectivity index (χ2v) is 5.72. The highest BCUT2D eigenvalue weighted by molar-refractivity contribution is 6.02. The Morgan fingerprint density at radius 3 is 2.73 bits per heavy atom. The molecule has 1 aliphatic carbocycles. The van der Waals surface area contributed by atoms with Crippen LogP contribution in [0.3, 0.4) is 0 Å². The van der Waals surface area contributed by atoms with Crippen molar-refractivity contribution in [2.45, 2.75) is 51.5 Å². The van der Waals surface area contributed by atoms with Crippen LogP contribution in [0.5, 0.6) is 0 Å². The van der Waals surface area contributed by atoms with Crippen molar-refractivity contribution in [3.05, 3.63) is 11.9 Å². The molecule has 0 bridgehead atoms. The Labute approximate surface area is 130 Å². The number of nitrogens with zero attached hydrogens (tertiary/aromatic N) is 2. The smallest absolute Gasteiger partial charge is 0.319 e. The standard InChI is InChI=1S/C15H25N5O2/c1-3-9-16-14(21)13-12(10-17-20(13)2)19-15(22)18-11-7-5-4-6-8-11/h10-11H,3-9H2,1-2H3,(H,16,21)(H2,18,19,22). The number of rotatable bonds is 5. The molecule has 3 amide bonds. The van der Waals surface area contributed by atoms with E-state index in [-0.39, 0.29) is 18.0 Å². The number of anilines is 1. The Bertz CT molecular complexity index is 520. The third-order valence-corrected chi connectivity index (χ3v) is 3.88. The summed E-state index contributed by atoms with van der Waals surface area (Å²) in [4.78, 5) is 24.2. The summed E-state index contributed by atoms with van der Waals surface area (Å²) in [7, 11) is 1.69. The summed E-state index contributed by atoms with van der Waals surface area (Å²) in [6.07, 6.45) is 7.94. The highest BCUT2D eigenvalue weighted by Gasteiger charge is 2.20. The summed E-state index contributed by atoms with van der Waals surface area (Å²) in [5.41, 5.74) is 0.802. The Hall–Kier alpha value is -2.05. The molecule has 22 heavy (non-hydrogen) atoms. The van der Waals surface area contributed by atoms with Crippen molar-refractivity contribution in [2.24, 2.45) is 7.05 Å². The lowest BCUT2D eigenvalue weighted by molar-refractivity contribution is 0.0945. The van der Waals surface area contributed by atoms with Gasteiger partial charge in [0.05, 0.1) is 11.9 Å². The number of urea groups is 1. The average Bonchev–Trinajstić information content (AvgIpc) is 2.86. The maximum Gasteiger partial charge on any atom is 0.319 e. The quantitative estimate of drug-likeness (QED) is 0.777. The van der Waals surface area contributed by atoms with E-state index in [1.165, 1.54) is 17.3 Å². The van der Waals surface area contributed by atoms with Gasteiger partial charge in [-0.2, -0.15) is 5.10 Å². The number of nitrogens with one attached hydrogen (secondary N) is 3. The third-order valence-electron chi connectivity index (χ3n) is 3.88. The van der Waals surface area contributed by atoms with Gasteiger partial charge in [-0.3, -0.25) is 9.48 Å². The summed E-state index contributed by atoms with van der Waals surface area (Å²) < 4.78 is 1.47. The fourth-order valence-electron chi connectivity index (χ4n) is 2.71. The molecule has 1 aliphatic rings. The lowest BCUT2D eigenvalue weighted by Gasteiger charge is -2.22. The zero-order valence-corrected chi connectivity index (χ0v) is 13.3. The van der Waals surface area contributed by atoms with Crippen molar-refractivity contribution >= 4 is 17.6 Å². The van der Waals surface area contributed by atoms with Gasteiger partial charge in [0.15, 0.2) is 0 Å². The van der Waals surface area contributed by atoms with Crippen LogP contribution in [0.2, 0.25) is 0 Å². The van der Waals surface area contributed by atoms with Crippen LogP contribution in [0.1, 0.15) is 55.9 Å². The zero-order valence-electron chi connectivity index (χ0n) is 13.3. The molecular weight excluding hydrogens is 282 g/mol. The van der Waals surface area contributed by atoms with Gasteiger partial charge in [0.1, 0.15) is 5.69 Å². The van der Waals surface area contributed by atoms with Crippen LogP contribution in [0.4, 0.5) is 10.5 Å². The molecule has 1 aromatic heterocycles. The highest BCUT2D eigenvalue weighted by atomic mass is 16.2. The molecule has 0 spiro atoms. The highest BCUT2D eigenvalue weighted by Crippen LogP contribution is 2.18. The number of hydrogen-bond donors (Lipinski definition) is 3. The molecule has 1 fully saturated rings. The van der Waals surface area contributed by atoms with Crippen molar-refractivity contribution < 1.29 is 9.59 Å². The molecule has 2 rings (SSSR count). The maximum absolute atomic E-state index is 12.1. The molecule has 1 aromatic rings. The van der Waals surface area contributed by atoms with Crippen molar-refractivity contribution in [1.29, 1.82) is 0 Å². The summed E-state index contributed by atoms with van der Waals surface area (Å²) in [6, 6.07) is -0.0489. The van der Waals surface area contributed by atoms with Crippen LogP contribution in [-0.2, 0) is 7.05 Å². The summed E-state index contributed by atoms with van der Waals surface area (Å²) in [5, 5.41) is 12.6.